The van der Waals surface area contributed by atoms with Crippen LogP contribution >= 0.6 is 0 Å². The average Bonchev–Trinajstić information content (AvgIpc) is 2.77. The SMILES string of the molecule is CC(C)CC[C@@]1(C)NC(=O)N(CC(=O)Nc2ccc(C#N)cc2)C1=O. The van der Waals surface area contributed by atoms with E-state index in [4.69, 9.17) is 5.26 Å². The smallest absolute Gasteiger partial charge is 0.325 e. The van der Waals surface area contributed by atoms with E-state index in [0.717, 1.165) is 11.3 Å². The van der Waals surface area contributed by atoms with Crippen molar-refractivity contribution in [1.29, 1.82) is 5.26 Å². The summed E-state index contributed by atoms with van der Waals surface area (Å²) in [7, 11) is 0. The van der Waals surface area contributed by atoms with Gasteiger partial charge in [0.05, 0.1) is 11.6 Å². The lowest BCUT2D eigenvalue weighted by Gasteiger charge is -2.22. The van der Waals surface area contributed by atoms with Crippen LogP contribution in [0.5, 0.6) is 0 Å². The maximum Gasteiger partial charge on any atom is 0.325 e. The Morgan fingerprint density at radius 3 is 2.52 bits per heavy atom. The molecule has 1 atom stereocenters. The number of rotatable bonds is 6. The van der Waals surface area contributed by atoms with Crippen molar-refractivity contribution in [1.82, 2.24) is 10.2 Å². The number of anilines is 1. The Morgan fingerprint density at radius 1 is 1.32 bits per heavy atom. The van der Waals surface area contributed by atoms with Crippen LogP contribution in [0, 0.1) is 17.2 Å². The molecule has 1 fully saturated rings. The number of nitrogens with one attached hydrogen (secondary N) is 2. The largest absolute Gasteiger partial charge is 0.325 e. The molecule has 0 radical (unpaired) electrons. The maximum atomic E-state index is 12.5. The van der Waals surface area contributed by atoms with Gasteiger partial charge in [-0.1, -0.05) is 13.8 Å². The first kappa shape index (κ1) is 18.5. The first-order valence-corrected chi connectivity index (χ1v) is 8.19. The molecule has 25 heavy (non-hydrogen) atoms. The predicted octanol–water partition coefficient (Wildman–Crippen LogP) is 2.24. The Hall–Kier alpha value is -2.88. The molecule has 0 aromatic heterocycles. The number of amides is 4. The Labute approximate surface area is 147 Å². The molecule has 7 nitrogen and oxygen atoms in total. The molecule has 0 bridgehead atoms. The molecule has 7 heteroatoms. The molecule has 2 rings (SSSR count). The lowest BCUT2D eigenvalue weighted by atomic mass is 9.92. The van der Waals surface area contributed by atoms with Gasteiger partial charge >= 0.3 is 6.03 Å². The number of nitriles is 1. The van der Waals surface area contributed by atoms with Crippen molar-refractivity contribution in [3.8, 4) is 6.07 Å². The number of hydrogen-bond acceptors (Lipinski definition) is 4. The summed E-state index contributed by atoms with van der Waals surface area (Å²) in [6.45, 7) is 5.44. The Kier molecular flexibility index (Phi) is 5.42. The zero-order valence-corrected chi connectivity index (χ0v) is 14.6. The van der Waals surface area contributed by atoms with E-state index in [0.29, 0.717) is 23.6 Å². The van der Waals surface area contributed by atoms with Gasteiger partial charge in [-0.2, -0.15) is 5.26 Å². The molecule has 2 N–H and O–H groups in total. The second kappa shape index (κ2) is 7.34. The van der Waals surface area contributed by atoms with Crippen LogP contribution in [0.25, 0.3) is 0 Å². The van der Waals surface area contributed by atoms with E-state index in [1.807, 2.05) is 19.9 Å². The molecule has 0 aliphatic carbocycles. The zero-order valence-electron chi connectivity index (χ0n) is 14.6. The van der Waals surface area contributed by atoms with Gasteiger partial charge in [-0.05, 0) is 49.9 Å². The van der Waals surface area contributed by atoms with Gasteiger partial charge in [0.15, 0.2) is 0 Å². The summed E-state index contributed by atoms with van der Waals surface area (Å²) in [5, 5.41) is 14.1. The Balaban J connectivity index is 1.99. The zero-order chi connectivity index (χ0) is 18.6. The van der Waals surface area contributed by atoms with Crippen molar-refractivity contribution >= 4 is 23.5 Å². The maximum absolute atomic E-state index is 12.5. The van der Waals surface area contributed by atoms with Gasteiger partial charge < -0.3 is 10.6 Å². The van der Waals surface area contributed by atoms with Crippen LogP contribution in [0.1, 0.15) is 39.2 Å². The predicted molar refractivity (Wildman–Crippen MR) is 92.5 cm³/mol. The van der Waals surface area contributed by atoms with E-state index in [9.17, 15) is 14.4 Å². The first-order valence-electron chi connectivity index (χ1n) is 8.19. The molecule has 132 valence electrons. The van der Waals surface area contributed by atoms with E-state index in [1.54, 1.807) is 31.2 Å². The number of carbonyl (C=O) groups excluding carboxylic acids is 3. The van der Waals surface area contributed by atoms with Gasteiger partial charge in [-0.25, -0.2) is 4.79 Å². The third-order valence-corrected chi connectivity index (χ3v) is 4.17. The van der Waals surface area contributed by atoms with Gasteiger partial charge in [0.2, 0.25) is 5.91 Å². The molecule has 1 aromatic rings. The third kappa shape index (κ3) is 4.35. The second-order valence-corrected chi connectivity index (χ2v) is 6.82. The molecule has 0 spiro atoms. The highest BCUT2D eigenvalue weighted by atomic mass is 16.2. The number of carbonyl (C=O) groups is 3. The lowest BCUT2D eigenvalue weighted by molar-refractivity contribution is -0.133. The summed E-state index contributed by atoms with van der Waals surface area (Å²) >= 11 is 0. The topological polar surface area (TPSA) is 102 Å². The monoisotopic (exact) mass is 342 g/mol. The van der Waals surface area contributed by atoms with Crippen LogP contribution < -0.4 is 10.6 Å². The van der Waals surface area contributed by atoms with Crippen molar-refractivity contribution in [3.05, 3.63) is 29.8 Å². The highest BCUT2D eigenvalue weighted by molar-refractivity contribution is 6.09. The summed E-state index contributed by atoms with van der Waals surface area (Å²) in [5.74, 6) is -0.440. The Bertz CT molecular complexity index is 721. The van der Waals surface area contributed by atoms with E-state index < -0.39 is 17.5 Å². The van der Waals surface area contributed by atoms with Crippen molar-refractivity contribution in [3.63, 3.8) is 0 Å². The molecule has 0 unspecified atom stereocenters. The molecule has 1 aromatic carbocycles. The highest BCUT2D eigenvalue weighted by Crippen LogP contribution is 2.24. The summed E-state index contributed by atoms with van der Waals surface area (Å²) in [6.07, 6.45) is 1.33. The number of urea groups is 1. The van der Waals surface area contributed by atoms with Gasteiger partial charge in [-0.15, -0.1) is 0 Å². The second-order valence-electron chi connectivity index (χ2n) is 6.82. The van der Waals surface area contributed by atoms with Crippen LogP contribution in [0.15, 0.2) is 24.3 Å². The fourth-order valence-corrected chi connectivity index (χ4v) is 2.61. The summed E-state index contributed by atoms with van der Waals surface area (Å²) in [5.41, 5.74) is 0.0161. The molecular weight excluding hydrogens is 320 g/mol. The molecule has 0 saturated carbocycles. The number of hydrogen-bond donors (Lipinski definition) is 2. The first-order chi connectivity index (χ1) is 11.7. The van der Waals surface area contributed by atoms with Crippen LogP contribution in [0.2, 0.25) is 0 Å². The fourth-order valence-electron chi connectivity index (χ4n) is 2.61. The summed E-state index contributed by atoms with van der Waals surface area (Å²) in [6, 6.07) is 7.77. The number of nitrogens with zero attached hydrogens (tertiary/aromatic N) is 2. The Morgan fingerprint density at radius 2 is 1.96 bits per heavy atom. The summed E-state index contributed by atoms with van der Waals surface area (Å²) in [4.78, 5) is 37.7. The van der Waals surface area contributed by atoms with Crippen LogP contribution in [-0.2, 0) is 9.59 Å². The van der Waals surface area contributed by atoms with Gasteiger partial charge in [-0.3, -0.25) is 14.5 Å². The van der Waals surface area contributed by atoms with Crippen LogP contribution in [0.4, 0.5) is 10.5 Å². The standard InChI is InChI=1S/C18H22N4O3/c1-12(2)8-9-18(3)16(24)22(17(25)21-18)11-15(23)20-14-6-4-13(10-19)5-7-14/h4-7,12H,8-9,11H2,1-3H3,(H,20,23)(H,21,25)/t18-/m1/s1. The van der Waals surface area contributed by atoms with E-state index >= 15 is 0 Å². The fraction of sp³-hybridized carbons (Fsp3) is 0.444. The number of imide groups is 1. The van der Waals surface area contributed by atoms with Crippen molar-refractivity contribution < 1.29 is 14.4 Å². The third-order valence-electron chi connectivity index (χ3n) is 4.17. The molecular formula is C18H22N4O3. The van der Waals surface area contributed by atoms with Crippen molar-refractivity contribution in [2.75, 3.05) is 11.9 Å². The van der Waals surface area contributed by atoms with Crippen LogP contribution in [-0.4, -0.2) is 34.8 Å². The quantitative estimate of drug-likeness (QED) is 0.774. The molecule has 4 amide bonds. The van der Waals surface area contributed by atoms with Gasteiger partial charge in [0.1, 0.15) is 12.1 Å². The normalized spacial score (nSPS) is 19.7. The molecule has 1 aliphatic heterocycles. The van der Waals surface area contributed by atoms with Gasteiger partial charge in [0, 0.05) is 5.69 Å². The van der Waals surface area contributed by atoms with E-state index in [1.165, 1.54) is 0 Å². The van der Waals surface area contributed by atoms with Crippen molar-refractivity contribution in [2.24, 2.45) is 5.92 Å². The van der Waals surface area contributed by atoms with Crippen molar-refractivity contribution in [2.45, 2.75) is 39.2 Å². The lowest BCUT2D eigenvalue weighted by Crippen LogP contribution is -2.44. The minimum Gasteiger partial charge on any atom is -0.325 e. The summed E-state index contributed by atoms with van der Waals surface area (Å²) < 4.78 is 0. The molecule has 1 aliphatic rings. The number of benzene rings is 1. The van der Waals surface area contributed by atoms with Crippen LogP contribution in [0.3, 0.4) is 0 Å². The minimum atomic E-state index is -0.962. The highest BCUT2D eigenvalue weighted by Gasteiger charge is 2.47. The van der Waals surface area contributed by atoms with E-state index in [-0.39, 0.29) is 12.5 Å². The molecule has 1 heterocycles. The molecule has 1 saturated heterocycles. The van der Waals surface area contributed by atoms with Gasteiger partial charge in [0.25, 0.3) is 5.91 Å². The average molecular weight is 342 g/mol. The van der Waals surface area contributed by atoms with E-state index in [2.05, 4.69) is 10.6 Å². The minimum absolute atomic E-state index is 0.345.